The number of benzene rings is 2. The van der Waals surface area contributed by atoms with Gasteiger partial charge >= 0.3 is 0 Å². The molecule has 0 aliphatic carbocycles. The summed E-state index contributed by atoms with van der Waals surface area (Å²) in [4.78, 5) is 37.8. The molecule has 11 heteroatoms. The maximum atomic E-state index is 13.3. The van der Waals surface area contributed by atoms with Crippen molar-refractivity contribution in [2.24, 2.45) is 0 Å². The summed E-state index contributed by atoms with van der Waals surface area (Å²) < 4.78 is 20.5. The molecule has 1 aliphatic rings. The monoisotopic (exact) mass is 471 g/mol. The van der Waals surface area contributed by atoms with Crippen LogP contribution in [-0.4, -0.2) is 61.9 Å². The van der Waals surface area contributed by atoms with Crippen LogP contribution in [0.2, 0.25) is 0 Å². The minimum Gasteiger partial charge on any atom is -0.451 e. The fourth-order valence-electron chi connectivity index (χ4n) is 4.21. The normalized spacial score (nSPS) is 14.1. The Morgan fingerprint density at radius 2 is 1.74 bits per heavy atom. The Morgan fingerprint density at radius 1 is 0.971 bits per heavy atom. The van der Waals surface area contributed by atoms with E-state index >= 15 is 0 Å². The first kappa shape index (κ1) is 20.9. The van der Waals surface area contributed by atoms with Crippen LogP contribution in [0, 0.1) is 5.82 Å². The number of fused-ring (bicyclic) bond motifs is 2. The number of para-hydroxylation sites is 1. The lowest BCUT2D eigenvalue weighted by atomic mass is 10.2. The van der Waals surface area contributed by atoms with Crippen LogP contribution in [0.5, 0.6) is 0 Å². The van der Waals surface area contributed by atoms with E-state index in [1.54, 1.807) is 41.3 Å². The van der Waals surface area contributed by atoms with Gasteiger partial charge in [-0.1, -0.05) is 17.3 Å². The van der Waals surface area contributed by atoms with Gasteiger partial charge in [0.25, 0.3) is 5.91 Å². The molecule has 1 amide bonds. The van der Waals surface area contributed by atoms with E-state index in [2.05, 4.69) is 20.3 Å². The minimum absolute atomic E-state index is 0.0221. The Balaban J connectivity index is 1.23. The van der Waals surface area contributed by atoms with Gasteiger partial charge in [0.15, 0.2) is 28.2 Å². The van der Waals surface area contributed by atoms with Crippen molar-refractivity contribution in [3.63, 3.8) is 0 Å². The molecule has 1 aliphatic heterocycles. The number of rotatable bonds is 3. The average molecular weight is 471 g/mol. The third-order valence-electron chi connectivity index (χ3n) is 6.00. The fraction of sp³-hybridized carbons (Fsp3) is 0.167. The highest BCUT2D eigenvalue weighted by atomic mass is 19.1. The lowest BCUT2D eigenvalue weighted by Crippen LogP contribution is -2.49. The summed E-state index contributed by atoms with van der Waals surface area (Å²) in [6, 6.07) is 14.0. The highest BCUT2D eigenvalue weighted by Crippen LogP contribution is 2.24. The molecule has 0 unspecified atom stereocenters. The maximum absolute atomic E-state index is 13.3. The van der Waals surface area contributed by atoms with E-state index in [0.717, 1.165) is 0 Å². The molecule has 0 bridgehead atoms. The maximum Gasteiger partial charge on any atom is 0.289 e. The Bertz CT molecular complexity index is 1620. The van der Waals surface area contributed by atoms with Gasteiger partial charge in [-0.15, -0.1) is 5.10 Å². The number of hydrogen-bond acceptors (Lipinski definition) is 8. The molecule has 6 rings (SSSR count). The van der Waals surface area contributed by atoms with Gasteiger partial charge in [0.05, 0.1) is 11.1 Å². The summed E-state index contributed by atoms with van der Waals surface area (Å²) in [6.45, 7) is 1.82. The quantitative estimate of drug-likeness (QED) is 0.395. The number of aromatic nitrogens is 5. The van der Waals surface area contributed by atoms with Crippen LogP contribution in [0.25, 0.3) is 27.8 Å². The van der Waals surface area contributed by atoms with Crippen molar-refractivity contribution in [3.05, 3.63) is 82.7 Å². The summed E-state index contributed by atoms with van der Waals surface area (Å²) in [5.41, 5.74) is 1.78. The van der Waals surface area contributed by atoms with Gasteiger partial charge < -0.3 is 14.2 Å². The highest BCUT2D eigenvalue weighted by molar-refractivity contribution is 5.93. The summed E-state index contributed by atoms with van der Waals surface area (Å²) in [6.07, 6.45) is 1.43. The molecule has 1 fully saturated rings. The van der Waals surface area contributed by atoms with Gasteiger partial charge in [0.2, 0.25) is 0 Å². The molecule has 0 spiro atoms. The summed E-state index contributed by atoms with van der Waals surface area (Å²) >= 11 is 0. The van der Waals surface area contributed by atoms with Crippen LogP contribution in [0.1, 0.15) is 10.6 Å². The lowest BCUT2D eigenvalue weighted by Gasteiger charge is -2.35. The lowest BCUT2D eigenvalue weighted by molar-refractivity contribution is 0.0715. The van der Waals surface area contributed by atoms with Crippen molar-refractivity contribution in [3.8, 4) is 5.69 Å². The number of piperazine rings is 1. The Labute approximate surface area is 197 Å². The van der Waals surface area contributed by atoms with E-state index < -0.39 is 0 Å². The van der Waals surface area contributed by atoms with Crippen LogP contribution < -0.4 is 10.3 Å². The smallest absolute Gasteiger partial charge is 0.289 e. The predicted molar refractivity (Wildman–Crippen MR) is 125 cm³/mol. The van der Waals surface area contributed by atoms with E-state index in [1.165, 1.54) is 29.2 Å². The Hall–Kier alpha value is -4.67. The number of carbonyl (C=O) groups excluding carboxylic acids is 1. The van der Waals surface area contributed by atoms with Gasteiger partial charge in [0.1, 0.15) is 17.7 Å². The van der Waals surface area contributed by atoms with Gasteiger partial charge in [-0.3, -0.25) is 9.59 Å². The van der Waals surface area contributed by atoms with Gasteiger partial charge in [0, 0.05) is 32.2 Å². The number of hydrogen-bond donors (Lipinski definition) is 0. The molecule has 35 heavy (non-hydrogen) atoms. The standard InChI is InChI=1S/C24H18FN7O3/c25-15-5-7-16(8-6-15)32-23-21(28-29-32)22(26-14-27-23)30-9-11-31(12-10-30)24(34)20-13-18(33)17-3-1-2-4-19(17)35-20/h1-8,13-14H,9-12H2. The van der Waals surface area contributed by atoms with Crippen molar-refractivity contribution in [1.82, 2.24) is 29.9 Å². The zero-order valence-electron chi connectivity index (χ0n) is 18.3. The minimum atomic E-state index is -0.344. The van der Waals surface area contributed by atoms with E-state index in [4.69, 9.17) is 4.42 Å². The molecule has 0 atom stereocenters. The zero-order valence-corrected chi connectivity index (χ0v) is 18.3. The summed E-state index contributed by atoms with van der Waals surface area (Å²) in [7, 11) is 0. The number of carbonyl (C=O) groups is 1. The molecule has 0 radical (unpaired) electrons. The molecule has 5 aromatic rings. The number of amides is 1. The van der Waals surface area contributed by atoms with Crippen LogP contribution >= 0.6 is 0 Å². The van der Waals surface area contributed by atoms with Crippen molar-refractivity contribution in [2.45, 2.75) is 0 Å². The molecule has 174 valence electrons. The van der Waals surface area contributed by atoms with Crippen LogP contribution in [0.3, 0.4) is 0 Å². The van der Waals surface area contributed by atoms with Crippen LogP contribution in [0.4, 0.5) is 10.2 Å². The van der Waals surface area contributed by atoms with Crippen LogP contribution in [-0.2, 0) is 0 Å². The molecule has 0 saturated carbocycles. The highest BCUT2D eigenvalue weighted by Gasteiger charge is 2.27. The second kappa shape index (κ2) is 8.28. The second-order valence-electron chi connectivity index (χ2n) is 8.10. The zero-order chi connectivity index (χ0) is 23.9. The number of halogens is 1. The van der Waals surface area contributed by atoms with Crippen molar-refractivity contribution >= 4 is 33.9 Å². The third kappa shape index (κ3) is 3.66. The molecular formula is C24H18FN7O3. The molecule has 0 N–H and O–H groups in total. The number of anilines is 1. The molecule has 4 heterocycles. The van der Waals surface area contributed by atoms with E-state index in [9.17, 15) is 14.0 Å². The molecule has 3 aromatic heterocycles. The third-order valence-corrected chi connectivity index (χ3v) is 6.00. The van der Waals surface area contributed by atoms with Gasteiger partial charge in [-0.05, 0) is 36.4 Å². The first-order chi connectivity index (χ1) is 17.1. The molecular weight excluding hydrogens is 453 g/mol. The second-order valence-corrected chi connectivity index (χ2v) is 8.10. The topological polar surface area (TPSA) is 110 Å². The van der Waals surface area contributed by atoms with Crippen molar-refractivity contribution < 1.29 is 13.6 Å². The SMILES string of the molecule is O=C(c1cc(=O)c2ccccc2o1)N1CCN(c2ncnc3c2nnn3-c2ccc(F)cc2)CC1. The first-order valence-electron chi connectivity index (χ1n) is 11.0. The fourth-order valence-corrected chi connectivity index (χ4v) is 4.21. The van der Waals surface area contributed by atoms with E-state index in [0.29, 0.717) is 59.8 Å². The van der Waals surface area contributed by atoms with Gasteiger partial charge in [-0.2, -0.15) is 4.68 Å². The number of nitrogens with zero attached hydrogens (tertiary/aromatic N) is 7. The molecule has 1 saturated heterocycles. The van der Waals surface area contributed by atoms with E-state index in [1.807, 2.05) is 4.90 Å². The Kier molecular flexibility index (Phi) is 4.94. The summed E-state index contributed by atoms with van der Waals surface area (Å²) in [5.74, 6) is -0.0482. The van der Waals surface area contributed by atoms with Crippen molar-refractivity contribution in [1.29, 1.82) is 0 Å². The average Bonchev–Trinajstić information content (AvgIpc) is 3.33. The first-order valence-corrected chi connectivity index (χ1v) is 11.0. The van der Waals surface area contributed by atoms with Crippen LogP contribution in [0.15, 0.2) is 70.1 Å². The predicted octanol–water partition coefficient (Wildman–Crippen LogP) is 2.42. The van der Waals surface area contributed by atoms with E-state index in [-0.39, 0.29) is 22.9 Å². The summed E-state index contributed by atoms with van der Waals surface area (Å²) in [5, 5.41) is 8.87. The van der Waals surface area contributed by atoms with Gasteiger partial charge in [-0.25, -0.2) is 14.4 Å². The Morgan fingerprint density at radius 3 is 2.54 bits per heavy atom. The van der Waals surface area contributed by atoms with Crippen molar-refractivity contribution in [2.75, 3.05) is 31.1 Å². The molecule has 2 aromatic carbocycles. The molecule has 10 nitrogen and oxygen atoms in total. The largest absolute Gasteiger partial charge is 0.451 e.